The number of aliphatic carboxylic acids is 1. The van der Waals surface area contributed by atoms with Crippen LogP contribution in [0.2, 0.25) is 0 Å². The predicted octanol–water partition coefficient (Wildman–Crippen LogP) is 5.03. The summed E-state index contributed by atoms with van der Waals surface area (Å²) in [5.74, 6) is -1.11. The number of hydrogen-bond donors (Lipinski definition) is 0. The third kappa shape index (κ3) is 34.2. The maximum atomic E-state index is 10.3. The Balaban J connectivity index is 0. The lowest BCUT2D eigenvalue weighted by molar-refractivity contribution is -0.870. The molecule has 0 aromatic rings. The van der Waals surface area contributed by atoms with Crippen molar-refractivity contribution in [3.05, 3.63) is 12.2 Å². The molecule has 0 aromatic heterocycles. The Morgan fingerprint density at radius 1 is 0.800 bits per heavy atom. The number of ether oxygens (including phenoxy) is 1. The minimum Gasteiger partial charge on any atom is -0.550 e. The van der Waals surface area contributed by atoms with E-state index in [9.17, 15) is 14.7 Å². The molecule has 0 aromatic carbocycles. The van der Waals surface area contributed by atoms with Crippen LogP contribution in [-0.2, 0) is 14.3 Å². The Labute approximate surface area is 186 Å². The maximum Gasteiger partial charge on any atom is 0.302 e. The van der Waals surface area contributed by atoms with Crippen LogP contribution in [0.3, 0.4) is 0 Å². The monoisotopic (exact) mass is 427 g/mol. The fourth-order valence-electron chi connectivity index (χ4n) is 2.80. The second-order valence-electron chi connectivity index (χ2n) is 9.06. The normalized spacial score (nSPS) is 11.2. The number of rotatable bonds is 18. The fourth-order valence-corrected chi connectivity index (χ4v) is 2.80. The van der Waals surface area contributed by atoms with E-state index in [1.807, 2.05) is 0 Å². The molecule has 0 aliphatic rings. The third-order valence-electron chi connectivity index (χ3n) is 4.71. The van der Waals surface area contributed by atoms with Gasteiger partial charge in [0.25, 0.3) is 0 Å². The van der Waals surface area contributed by atoms with Crippen molar-refractivity contribution in [3.63, 3.8) is 0 Å². The zero-order valence-corrected chi connectivity index (χ0v) is 20.5. The molecule has 178 valence electrons. The number of hydrogen-bond acceptors (Lipinski definition) is 4. The molecule has 0 spiro atoms. The lowest BCUT2D eigenvalue weighted by atomic mass is 10.1. The number of quaternary nitrogens is 1. The van der Waals surface area contributed by atoms with Crippen molar-refractivity contribution in [2.75, 3.05) is 34.3 Å². The van der Waals surface area contributed by atoms with Gasteiger partial charge in [0.15, 0.2) is 0 Å². The summed E-state index contributed by atoms with van der Waals surface area (Å²) in [6, 6.07) is 0. The molecular weight excluding hydrogens is 378 g/mol. The molecule has 0 unspecified atom stereocenters. The zero-order chi connectivity index (χ0) is 23.1. The molecular formula is C25H49NO4. The van der Waals surface area contributed by atoms with Crippen molar-refractivity contribution in [1.29, 1.82) is 0 Å². The Hall–Kier alpha value is -1.36. The van der Waals surface area contributed by atoms with Crippen molar-refractivity contribution in [3.8, 4) is 0 Å². The largest absolute Gasteiger partial charge is 0.550 e. The lowest BCUT2D eigenvalue weighted by Crippen LogP contribution is -2.37. The molecule has 0 bridgehead atoms. The molecule has 0 amide bonds. The van der Waals surface area contributed by atoms with Gasteiger partial charge in [0.2, 0.25) is 0 Å². The van der Waals surface area contributed by atoms with E-state index in [0.29, 0.717) is 6.61 Å². The number of unbranched alkanes of at least 4 members (excludes halogenated alkanes) is 11. The van der Waals surface area contributed by atoms with E-state index in [1.54, 1.807) is 0 Å². The van der Waals surface area contributed by atoms with Crippen molar-refractivity contribution >= 4 is 11.9 Å². The van der Waals surface area contributed by atoms with Crippen LogP contribution in [0.4, 0.5) is 0 Å². The Kier molecular flexibility index (Phi) is 22.9. The summed E-state index contributed by atoms with van der Waals surface area (Å²) in [6.07, 6.45) is 20.9. The zero-order valence-electron chi connectivity index (χ0n) is 20.5. The highest BCUT2D eigenvalue weighted by Gasteiger charge is 2.06. The van der Waals surface area contributed by atoms with Gasteiger partial charge in [0.1, 0.15) is 13.2 Å². The van der Waals surface area contributed by atoms with Gasteiger partial charge in [-0.1, -0.05) is 70.4 Å². The number of likely N-dealkylation sites (N-methyl/N-ethyl adjacent to an activating group) is 1. The summed E-state index contributed by atoms with van der Waals surface area (Å²) in [6.45, 7) is 5.06. The van der Waals surface area contributed by atoms with E-state index in [4.69, 9.17) is 4.74 Å². The van der Waals surface area contributed by atoms with Gasteiger partial charge in [-0.3, -0.25) is 4.79 Å². The standard InChI is InChI=1S/C18H34O2.C7H16NO2/c1-2-3-4-5-6-7-8-9-10-11-12-13-14-15-16-17-18(19)20;1-7(9)10-6-5-8(2,3)4/h9-10H,2-8,11-17H2,1H3,(H,19,20);5-6H2,1-4H3/q;+1/p-1/b10-9-;. The number of carbonyl (C=O) groups is 2. The quantitative estimate of drug-likeness (QED) is 0.133. The summed E-state index contributed by atoms with van der Waals surface area (Å²) in [7, 11) is 6.18. The second-order valence-corrected chi connectivity index (χ2v) is 9.06. The molecule has 0 aliphatic carbocycles. The van der Waals surface area contributed by atoms with Crippen molar-refractivity contribution < 1.29 is 23.9 Å². The molecule has 0 N–H and O–H groups in total. The third-order valence-corrected chi connectivity index (χ3v) is 4.71. The van der Waals surface area contributed by atoms with Gasteiger partial charge < -0.3 is 19.1 Å². The molecule has 0 radical (unpaired) electrons. The average Bonchev–Trinajstić information content (AvgIpc) is 2.64. The van der Waals surface area contributed by atoms with E-state index in [2.05, 4.69) is 40.2 Å². The Morgan fingerprint density at radius 3 is 1.70 bits per heavy atom. The van der Waals surface area contributed by atoms with Gasteiger partial charge in [0, 0.05) is 12.9 Å². The van der Waals surface area contributed by atoms with Crippen molar-refractivity contribution in [1.82, 2.24) is 0 Å². The number of carboxylic acid groups (broad SMARTS) is 1. The van der Waals surface area contributed by atoms with Gasteiger partial charge in [0.05, 0.1) is 21.1 Å². The molecule has 0 rings (SSSR count). The lowest BCUT2D eigenvalue weighted by Gasteiger charge is -2.23. The van der Waals surface area contributed by atoms with E-state index in [-0.39, 0.29) is 12.4 Å². The Morgan fingerprint density at radius 2 is 1.27 bits per heavy atom. The maximum absolute atomic E-state index is 10.3. The fraction of sp³-hybridized carbons (Fsp3) is 0.840. The summed E-state index contributed by atoms with van der Waals surface area (Å²) in [5, 5.41) is 10.2. The second kappa shape index (κ2) is 22.3. The SMILES string of the molecule is CC(=O)OCC[N+](C)(C)C.CCCCCCCC/C=C\CCCCCCCC(=O)[O-]. The predicted molar refractivity (Wildman–Crippen MR) is 124 cm³/mol. The first-order valence-electron chi connectivity index (χ1n) is 12.0. The molecule has 5 heteroatoms. The molecule has 0 saturated carbocycles. The van der Waals surface area contributed by atoms with Crippen molar-refractivity contribution in [2.24, 2.45) is 0 Å². The van der Waals surface area contributed by atoms with Gasteiger partial charge in [-0.2, -0.15) is 0 Å². The van der Waals surface area contributed by atoms with Crippen LogP contribution in [0.1, 0.15) is 104 Å². The number of esters is 1. The van der Waals surface area contributed by atoms with Gasteiger partial charge in [-0.25, -0.2) is 0 Å². The molecule has 5 nitrogen and oxygen atoms in total. The summed E-state index contributed by atoms with van der Waals surface area (Å²) < 4.78 is 5.59. The summed E-state index contributed by atoms with van der Waals surface area (Å²) >= 11 is 0. The summed E-state index contributed by atoms with van der Waals surface area (Å²) in [5.41, 5.74) is 0. The van der Waals surface area contributed by atoms with E-state index in [1.165, 1.54) is 71.1 Å². The first-order chi connectivity index (χ1) is 14.2. The van der Waals surface area contributed by atoms with Crippen LogP contribution in [0.25, 0.3) is 0 Å². The molecule has 0 saturated heterocycles. The van der Waals surface area contributed by atoms with Crippen LogP contribution in [0, 0.1) is 0 Å². The summed E-state index contributed by atoms with van der Waals surface area (Å²) in [4.78, 5) is 20.5. The smallest absolute Gasteiger partial charge is 0.302 e. The minimum atomic E-state index is -0.914. The van der Waals surface area contributed by atoms with Gasteiger partial charge in [-0.15, -0.1) is 0 Å². The average molecular weight is 428 g/mol. The van der Waals surface area contributed by atoms with Gasteiger partial charge >= 0.3 is 5.97 Å². The molecule has 0 heterocycles. The number of carboxylic acids is 1. The van der Waals surface area contributed by atoms with Crippen LogP contribution in [0.15, 0.2) is 12.2 Å². The molecule has 0 aliphatic heterocycles. The van der Waals surface area contributed by atoms with E-state index < -0.39 is 5.97 Å². The van der Waals surface area contributed by atoms with Crippen LogP contribution in [0.5, 0.6) is 0 Å². The Bertz CT molecular complexity index is 427. The number of nitrogens with zero attached hydrogens (tertiary/aromatic N) is 1. The minimum absolute atomic E-state index is 0.201. The van der Waals surface area contributed by atoms with Crippen molar-refractivity contribution in [2.45, 2.75) is 104 Å². The molecule has 0 fully saturated rings. The molecule has 0 atom stereocenters. The highest BCUT2D eigenvalue weighted by atomic mass is 16.5. The molecule has 30 heavy (non-hydrogen) atoms. The topological polar surface area (TPSA) is 66.4 Å². The van der Waals surface area contributed by atoms with Crippen LogP contribution in [-0.4, -0.2) is 50.7 Å². The highest BCUT2D eigenvalue weighted by Crippen LogP contribution is 2.09. The first kappa shape index (κ1) is 30.8. The number of allylic oxidation sites excluding steroid dienone is 2. The number of carbonyl (C=O) groups excluding carboxylic acids is 2. The highest BCUT2D eigenvalue weighted by molar-refractivity contribution is 5.65. The van der Waals surface area contributed by atoms with E-state index in [0.717, 1.165) is 30.3 Å². The van der Waals surface area contributed by atoms with Crippen LogP contribution < -0.4 is 5.11 Å². The van der Waals surface area contributed by atoms with Gasteiger partial charge in [-0.05, 0) is 38.5 Å². The van der Waals surface area contributed by atoms with E-state index >= 15 is 0 Å². The van der Waals surface area contributed by atoms with Crippen LogP contribution >= 0.6 is 0 Å². The first-order valence-corrected chi connectivity index (χ1v) is 12.0.